The summed E-state index contributed by atoms with van der Waals surface area (Å²) >= 11 is 0. The Labute approximate surface area is 230 Å². The third-order valence-corrected chi connectivity index (χ3v) is 8.31. The van der Waals surface area contributed by atoms with Crippen molar-refractivity contribution in [2.45, 2.75) is 56.8 Å². The quantitative estimate of drug-likeness (QED) is 0.319. The summed E-state index contributed by atoms with van der Waals surface area (Å²) in [6.45, 7) is 4.76. The number of nitrogens with zero attached hydrogens (tertiary/aromatic N) is 4. The number of pyridine rings is 1. The molecule has 210 valence electrons. The fraction of sp³-hybridized carbons (Fsp3) is 0.414. The predicted molar refractivity (Wildman–Crippen MR) is 145 cm³/mol. The number of benzene rings is 1. The summed E-state index contributed by atoms with van der Waals surface area (Å²) in [5.41, 5.74) is 7.64. The third kappa shape index (κ3) is 4.89. The molecule has 6 rings (SSSR count). The maximum atomic E-state index is 15.2. The highest BCUT2D eigenvalue weighted by atomic mass is 19.1. The molecule has 1 aromatic carbocycles. The summed E-state index contributed by atoms with van der Waals surface area (Å²) in [6.07, 6.45) is 6.88. The first kappa shape index (κ1) is 26.5. The maximum Gasteiger partial charge on any atom is 0.229 e. The molecular formula is C29H32F2N6O3. The van der Waals surface area contributed by atoms with E-state index in [1.165, 1.54) is 16.6 Å². The van der Waals surface area contributed by atoms with Gasteiger partial charge >= 0.3 is 0 Å². The van der Waals surface area contributed by atoms with Gasteiger partial charge in [-0.15, -0.1) is 0 Å². The van der Waals surface area contributed by atoms with Gasteiger partial charge in [-0.3, -0.25) is 4.98 Å². The number of aromatic nitrogens is 4. The van der Waals surface area contributed by atoms with Gasteiger partial charge in [0.25, 0.3) is 0 Å². The molecule has 1 saturated carbocycles. The number of hydrogen-bond acceptors (Lipinski definition) is 8. The fourth-order valence-corrected chi connectivity index (χ4v) is 5.67. The van der Waals surface area contributed by atoms with Crippen LogP contribution in [0.4, 0.5) is 20.4 Å². The molecule has 2 aliphatic rings. The molecule has 5 atom stereocenters. The second-order valence-corrected chi connectivity index (χ2v) is 11.0. The van der Waals surface area contributed by atoms with E-state index in [2.05, 4.69) is 20.4 Å². The van der Waals surface area contributed by atoms with Crippen molar-refractivity contribution in [3.05, 3.63) is 66.1 Å². The normalized spacial score (nSPS) is 26.8. The van der Waals surface area contributed by atoms with Gasteiger partial charge in [0.2, 0.25) is 5.95 Å². The number of nitrogens with one attached hydrogen (secondary N) is 1. The van der Waals surface area contributed by atoms with E-state index >= 15 is 8.78 Å². The monoisotopic (exact) mass is 550 g/mol. The van der Waals surface area contributed by atoms with Crippen LogP contribution in [-0.4, -0.2) is 55.6 Å². The van der Waals surface area contributed by atoms with Crippen molar-refractivity contribution in [1.82, 2.24) is 19.6 Å². The van der Waals surface area contributed by atoms with E-state index in [9.17, 15) is 5.11 Å². The van der Waals surface area contributed by atoms with E-state index in [1.807, 2.05) is 13.0 Å². The number of hydrogen-bond donors (Lipinski definition) is 3. The lowest BCUT2D eigenvalue weighted by molar-refractivity contribution is -0.0463. The van der Waals surface area contributed by atoms with E-state index in [0.29, 0.717) is 37.5 Å². The van der Waals surface area contributed by atoms with E-state index < -0.39 is 17.2 Å². The molecule has 4 heterocycles. The number of halogens is 2. The van der Waals surface area contributed by atoms with Gasteiger partial charge in [0.15, 0.2) is 0 Å². The molecule has 11 heteroatoms. The highest BCUT2D eigenvalue weighted by molar-refractivity contribution is 5.66. The van der Waals surface area contributed by atoms with Gasteiger partial charge in [0.1, 0.15) is 23.5 Å². The summed E-state index contributed by atoms with van der Waals surface area (Å²) in [4.78, 5) is 8.74. The number of fused-ring (bicyclic) bond motifs is 1. The number of anilines is 2. The van der Waals surface area contributed by atoms with Crippen LogP contribution in [0, 0.1) is 17.6 Å². The summed E-state index contributed by atoms with van der Waals surface area (Å²) in [5, 5.41) is 18.6. The number of ether oxygens (including phenoxy) is 2. The summed E-state index contributed by atoms with van der Waals surface area (Å²) in [6, 6.07) is 7.17. The number of nitrogens with two attached hydrogens (primary N) is 1. The Balaban J connectivity index is 1.30. The number of aliphatic hydroxyl groups is 1. The minimum atomic E-state index is -0.934. The number of rotatable bonds is 6. The van der Waals surface area contributed by atoms with Crippen molar-refractivity contribution >= 4 is 17.2 Å². The van der Waals surface area contributed by atoms with Crippen LogP contribution < -0.4 is 15.8 Å². The van der Waals surface area contributed by atoms with Gasteiger partial charge in [-0.2, -0.15) is 9.61 Å². The molecule has 9 nitrogen and oxygen atoms in total. The SMILES string of the molecule is C[C@H]1C[C@@H](c2ccncc2Nc2ncc3ccc(-c4c(F)cc(OC5CCOC5)cc4F)nn23)C[C@@H](N)[C@]1(C)O. The smallest absolute Gasteiger partial charge is 0.229 e. The zero-order valence-corrected chi connectivity index (χ0v) is 22.3. The topological polar surface area (TPSA) is 120 Å². The average Bonchev–Trinajstić information content (AvgIpc) is 3.57. The Kier molecular flexibility index (Phi) is 6.89. The fourth-order valence-electron chi connectivity index (χ4n) is 5.67. The molecule has 4 N–H and O–H groups in total. The predicted octanol–water partition coefficient (Wildman–Crippen LogP) is 4.57. The van der Waals surface area contributed by atoms with Gasteiger partial charge in [-0.05, 0) is 55.4 Å². The van der Waals surface area contributed by atoms with Crippen LogP contribution >= 0.6 is 0 Å². The molecule has 40 heavy (non-hydrogen) atoms. The van der Waals surface area contributed by atoms with Crippen molar-refractivity contribution in [2.75, 3.05) is 18.5 Å². The van der Waals surface area contributed by atoms with E-state index in [-0.39, 0.29) is 41.0 Å². The van der Waals surface area contributed by atoms with Crippen LogP contribution in [0.1, 0.15) is 44.6 Å². The van der Waals surface area contributed by atoms with E-state index in [1.54, 1.807) is 37.6 Å². The minimum absolute atomic E-state index is 0.00632. The zero-order chi connectivity index (χ0) is 28.0. The van der Waals surface area contributed by atoms with Crippen molar-refractivity contribution < 1.29 is 23.4 Å². The Morgan fingerprint density at radius 2 is 1.98 bits per heavy atom. The number of imidazole rings is 1. The standard InChI is InChI=1S/C29H32F2N6O3/c1-16-9-17(10-26(32)29(16,2)38)21-5-7-33-14-25(21)35-28-34-13-18-3-4-24(36-37(18)28)27-22(30)11-20(12-23(27)31)40-19-6-8-39-15-19/h3-5,7,11-14,16-17,19,26,38H,6,8-10,15,32H2,1-2H3,(H,34,35)/t16-,17+,19?,26+,29+/m0/s1. The molecular weight excluding hydrogens is 518 g/mol. The lowest BCUT2D eigenvalue weighted by Gasteiger charge is -2.44. The van der Waals surface area contributed by atoms with Crippen LogP contribution in [-0.2, 0) is 4.74 Å². The van der Waals surface area contributed by atoms with Gasteiger partial charge in [0, 0.05) is 30.8 Å². The Morgan fingerprint density at radius 3 is 2.70 bits per heavy atom. The Hall–Kier alpha value is -3.67. The summed E-state index contributed by atoms with van der Waals surface area (Å²) < 4.78 is 42.8. The molecule has 0 radical (unpaired) electrons. The average molecular weight is 551 g/mol. The molecule has 1 aliphatic carbocycles. The third-order valence-electron chi connectivity index (χ3n) is 8.31. The lowest BCUT2D eigenvalue weighted by Crippen LogP contribution is -2.54. The molecule has 1 unspecified atom stereocenters. The lowest BCUT2D eigenvalue weighted by atomic mass is 9.68. The second-order valence-electron chi connectivity index (χ2n) is 11.0. The largest absolute Gasteiger partial charge is 0.488 e. The van der Waals surface area contributed by atoms with Crippen molar-refractivity contribution in [1.29, 1.82) is 0 Å². The van der Waals surface area contributed by atoms with Crippen LogP contribution in [0.2, 0.25) is 0 Å². The van der Waals surface area contributed by atoms with Crippen molar-refractivity contribution in [2.24, 2.45) is 11.7 Å². The van der Waals surface area contributed by atoms with Crippen LogP contribution in [0.3, 0.4) is 0 Å². The first-order valence-corrected chi connectivity index (χ1v) is 13.5. The molecule has 4 aromatic rings. The first-order chi connectivity index (χ1) is 19.2. The summed E-state index contributed by atoms with van der Waals surface area (Å²) in [5.74, 6) is -0.958. The first-order valence-electron chi connectivity index (χ1n) is 13.5. The molecule has 1 aliphatic heterocycles. The molecule has 0 bridgehead atoms. The van der Waals surface area contributed by atoms with Gasteiger partial charge in [0.05, 0.1) is 53.7 Å². The molecule has 2 fully saturated rings. The Morgan fingerprint density at radius 1 is 1.18 bits per heavy atom. The van der Waals surface area contributed by atoms with Gasteiger partial charge in [-0.1, -0.05) is 6.92 Å². The van der Waals surface area contributed by atoms with Gasteiger partial charge < -0.3 is 25.6 Å². The van der Waals surface area contributed by atoms with E-state index in [4.69, 9.17) is 15.2 Å². The highest BCUT2D eigenvalue weighted by Gasteiger charge is 2.42. The molecule has 0 spiro atoms. The van der Waals surface area contributed by atoms with Crippen molar-refractivity contribution in [3.8, 4) is 17.0 Å². The zero-order valence-electron chi connectivity index (χ0n) is 22.3. The highest BCUT2D eigenvalue weighted by Crippen LogP contribution is 2.43. The van der Waals surface area contributed by atoms with Crippen LogP contribution in [0.15, 0.2) is 48.9 Å². The van der Waals surface area contributed by atoms with Gasteiger partial charge in [-0.25, -0.2) is 13.8 Å². The van der Waals surface area contributed by atoms with Crippen molar-refractivity contribution in [3.63, 3.8) is 0 Å². The second kappa shape index (κ2) is 10.4. The minimum Gasteiger partial charge on any atom is -0.488 e. The van der Waals surface area contributed by atoms with Crippen LogP contribution in [0.5, 0.6) is 5.75 Å². The van der Waals surface area contributed by atoms with E-state index in [0.717, 1.165) is 17.7 Å². The molecule has 3 aromatic heterocycles. The summed E-state index contributed by atoms with van der Waals surface area (Å²) in [7, 11) is 0. The van der Waals surface area contributed by atoms with Crippen LogP contribution in [0.25, 0.3) is 16.8 Å². The Bertz CT molecular complexity index is 1500. The molecule has 0 amide bonds. The maximum absolute atomic E-state index is 15.2. The molecule has 1 saturated heterocycles.